The molecule has 1 aromatic carbocycles. The van der Waals surface area contributed by atoms with Crippen LogP contribution < -0.4 is 5.73 Å². The highest BCUT2D eigenvalue weighted by Gasteiger charge is 2.10. The number of nitrogen functional groups attached to an aromatic ring is 1. The van der Waals surface area contributed by atoms with Gasteiger partial charge in [0.05, 0.1) is 5.75 Å². The van der Waals surface area contributed by atoms with E-state index in [4.69, 9.17) is 21.9 Å². The normalized spacial score (nSPS) is 10.7. The zero-order valence-electron chi connectivity index (χ0n) is 10.7. The number of hydrogen-bond donors (Lipinski definition) is 1. The molecule has 0 aliphatic rings. The van der Waals surface area contributed by atoms with Crippen LogP contribution in [0.25, 0.3) is 11.4 Å². The van der Waals surface area contributed by atoms with Crippen molar-refractivity contribution >= 4 is 29.2 Å². The number of nitrogens with zero attached hydrogens (tertiary/aromatic N) is 4. The number of aromatic nitrogens is 4. The van der Waals surface area contributed by atoms with E-state index < -0.39 is 0 Å². The Labute approximate surface area is 129 Å². The molecule has 106 valence electrons. The lowest BCUT2D eigenvalue weighted by Crippen LogP contribution is -1.95. The zero-order chi connectivity index (χ0) is 14.7. The van der Waals surface area contributed by atoms with Crippen LogP contribution in [0.3, 0.4) is 0 Å². The number of halogens is 1. The second-order valence-corrected chi connectivity index (χ2v) is 5.45. The molecule has 0 spiro atoms. The van der Waals surface area contributed by atoms with E-state index in [9.17, 15) is 0 Å². The minimum absolute atomic E-state index is 0.389. The average Bonchev–Trinajstić information content (AvgIpc) is 2.96. The summed E-state index contributed by atoms with van der Waals surface area (Å²) >= 11 is 7.24. The highest BCUT2D eigenvalue weighted by molar-refractivity contribution is 7.98. The number of rotatable bonds is 4. The fourth-order valence-electron chi connectivity index (χ4n) is 1.61. The van der Waals surface area contributed by atoms with Gasteiger partial charge in [0.25, 0.3) is 0 Å². The molecule has 21 heavy (non-hydrogen) atoms. The summed E-state index contributed by atoms with van der Waals surface area (Å²) in [4.78, 5) is 12.4. The Balaban J connectivity index is 1.71. The first-order valence-corrected chi connectivity index (χ1v) is 7.36. The third-order valence-electron chi connectivity index (χ3n) is 2.59. The van der Waals surface area contributed by atoms with Crippen molar-refractivity contribution < 1.29 is 4.52 Å². The highest BCUT2D eigenvalue weighted by Crippen LogP contribution is 2.25. The lowest BCUT2D eigenvalue weighted by Gasteiger charge is -1.99. The lowest BCUT2D eigenvalue weighted by atomic mass is 10.2. The molecule has 0 aliphatic carbocycles. The predicted octanol–water partition coefficient (Wildman–Crippen LogP) is 3.05. The maximum absolute atomic E-state index is 5.84. The summed E-state index contributed by atoms with van der Waals surface area (Å²) in [6.07, 6.45) is 3.14. The second-order valence-electron chi connectivity index (χ2n) is 4.05. The quantitative estimate of drug-likeness (QED) is 0.739. The van der Waals surface area contributed by atoms with Gasteiger partial charge >= 0.3 is 0 Å². The summed E-state index contributed by atoms with van der Waals surface area (Å²) in [5, 5.41) is 5.25. The van der Waals surface area contributed by atoms with Crippen LogP contribution in [0.2, 0.25) is 5.02 Å². The summed E-state index contributed by atoms with van der Waals surface area (Å²) in [7, 11) is 0. The van der Waals surface area contributed by atoms with E-state index in [0.29, 0.717) is 33.3 Å². The molecular formula is C13H10ClN5OS. The first kappa shape index (κ1) is 13.8. The van der Waals surface area contributed by atoms with Gasteiger partial charge in [0.15, 0.2) is 5.82 Å². The molecule has 8 heteroatoms. The number of benzene rings is 1. The molecule has 0 amide bonds. The van der Waals surface area contributed by atoms with Crippen LogP contribution in [-0.4, -0.2) is 20.1 Å². The fourth-order valence-corrected chi connectivity index (χ4v) is 2.45. The van der Waals surface area contributed by atoms with Gasteiger partial charge in [0.1, 0.15) is 5.03 Å². The Morgan fingerprint density at radius 2 is 1.90 bits per heavy atom. The van der Waals surface area contributed by atoms with Gasteiger partial charge in [-0.25, -0.2) is 9.97 Å². The molecule has 2 aromatic heterocycles. The van der Waals surface area contributed by atoms with Gasteiger partial charge in [-0.05, 0) is 24.3 Å². The van der Waals surface area contributed by atoms with Crippen molar-refractivity contribution in [3.05, 3.63) is 47.6 Å². The van der Waals surface area contributed by atoms with Crippen LogP contribution in [0.1, 0.15) is 5.89 Å². The van der Waals surface area contributed by atoms with E-state index in [1.54, 1.807) is 24.5 Å². The molecule has 6 nitrogen and oxygen atoms in total. The Morgan fingerprint density at radius 3 is 2.67 bits per heavy atom. The van der Waals surface area contributed by atoms with Gasteiger partial charge in [0, 0.05) is 23.0 Å². The molecular weight excluding hydrogens is 310 g/mol. The highest BCUT2D eigenvalue weighted by atomic mass is 35.5. The molecule has 0 saturated heterocycles. The summed E-state index contributed by atoms with van der Waals surface area (Å²) in [6, 6.07) is 7.24. The Bertz CT molecular complexity index is 746. The summed E-state index contributed by atoms with van der Waals surface area (Å²) in [5.41, 5.74) is 6.57. The van der Waals surface area contributed by atoms with Gasteiger partial charge < -0.3 is 10.3 Å². The summed E-state index contributed by atoms with van der Waals surface area (Å²) in [5.74, 6) is 1.88. The maximum Gasteiger partial charge on any atom is 0.237 e. The standard InChI is InChI=1S/C13H10ClN5OS/c14-9-3-1-8(2-4-9)12-18-10(20-19-12)7-21-13-11(15)16-5-6-17-13/h1-6H,7H2,(H2,15,16). The third-order valence-corrected chi connectivity index (χ3v) is 3.83. The molecule has 3 aromatic rings. The molecule has 0 saturated carbocycles. The van der Waals surface area contributed by atoms with Gasteiger partial charge in [-0.15, -0.1) is 0 Å². The smallest absolute Gasteiger partial charge is 0.237 e. The molecule has 0 atom stereocenters. The molecule has 0 aliphatic heterocycles. The van der Waals surface area contributed by atoms with Gasteiger partial charge in [-0.3, -0.25) is 0 Å². The van der Waals surface area contributed by atoms with Crippen molar-refractivity contribution in [3.8, 4) is 11.4 Å². The van der Waals surface area contributed by atoms with Crippen LogP contribution in [0, 0.1) is 0 Å². The van der Waals surface area contributed by atoms with E-state index in [1.165, 1.54) is 11.8 Å². The van der Waals surface area contributed by atoms with Gasteiger partial charge in [0.2, 0.25) is 11.7 Å². The number of hydrogen-bond acceptors (Lipinski definition) is 7. The average molecular weight is 320 g/mol. The van der Waals surface area contributed by atoms with E-state index in [1.807, 2.05) is 12.1 Å². The minimum atomic E-state index is 0.389. The predicted molar refractivity (Wildman–Crippen MR) is 80.7 cm³/mol. The van der Waals surface area contributed by atoms with E-state index in [2.05, 4.69) is 20.1 Å². The first-order chi connectivity index (χ1) is 10.2. The van der Waals surface area contributed by atoms with Gasteiger partial charge in [-0.1, -0.05) is 28.5 Å². The number of nitrogens with two attached hydrogens (primary N) is 1. The van der Waals surface area contributed by atoms with Crippen molar-refractivity contribution in [2.45, 2.75) is 10.8 Å². The maximum atomic E-state index is 5.84. The van der Waals surface area contributed by atoms with Crippen molar-refractivity contribution in [2.75, 3.05) is 5.73 Å². The van der Waals surface area contributed by atoms with Crippen LogP contribution in [0.15, 0.2) is 46.2 Å². The topological polar surface area (TPSA) is 90.7 Å². The third kappa shape index (κ3) is 3.32. The fraction of sp³-hybridized carbons (Fsp3) is 0.0769. The molecule has 3 rings (SSSR count). The van der Waals surface area contributed by atoms with Crippen LogP contribution in [-0.2, 0) is 5.75 Å². The van der Waals surface area contributed by atoms with Crippen LogP contribution in [0.4, 0.5) is 5.82 Å². The van der Waals surface area contributed by atoms with E-state index >= 15 is 0 Å². The Hall–Kier alpha value is -2.12. The molecule has 2 N–H and O–H groups in total. The largest absolute Gasteiger partial charge is 0.381 e. The van der Waals surface area contributed by atoms with Crippen LogP contribution >= 0.6 is 23.4 Å². The van der Waals surface area contributed by atoms with Crippen molar-refractivity contribution in [1.29, 1.82) is 0 Å². The van der Waals surface area contributed by atoms with Gasteiger partial charge in [-0.2, -0.15) is 4.98 Å². The monoisotopic (exact) mass is 319 g/mol. The summed E-state index contributed by atoms with van der Waals surface area (Å²) in [6.45, 7) is 0. The van der Waals surface area contributed by atoms with Crippen molar-refractivity contribution in [2.24, 2.45) is 0 Å². The number of thioether (sulfide) groups is 1. The van der Waals surface area contributed by atoms with Crippen LogP contribution in [0.5, 0.6) is 0 Å². The Morgan fingerprint density at radius 1 is 1.14 bits per heavy atom. The van der Waals surface area contributed by atoms with E-state index in [-0.39, 0.29) is 0 Å². The van der Waals surface area contributed by atoms with E-state index in [0.717, 1.165) is 5.56 Å². The molecule has 0 bridgehead atoms. The lowest BCUT2D eigenvalue weighted by molar-refractivity contribution is 0.391. The van der Waals surface area contributed by atoms with Crippen molar-refractivity contribution in [3.63, 3.8) is 0 Å². The minimum Gasteiger partial charge on any atom is -0.381 e. The number of anilines is 1. The molecule has 2 heterocycles. The first-order valence-electron chi connectivity index (χ1n) is 6.00. The SMILES string of the molecule is Nc1nccnc1SCc1nc(-c2ccc(Cl)cc2)no1. The molecule has 0 unspecified atom stereocenters. The van der Waals surface area contributed by atoms with Crippen molar-refractivity contribution in [1.82, 2.24) is 20.1 Å². The molecule has 0 fully saturated rings. The summed E-state index contributed by atoms with van der Waals surface area (Å²) < 4.78 is 5.21. The molecule has 0 radical (unpaired) electrons. The zero-order valence-corrected chi connectivity index (χ0v) is 12.3. The second kappa shape index (κ2) is 6.11. The Kier molecular flexibility index (Phi) is 4.03.